The number of carbonyl (C=O) groups excluding carboxylic acids is 2. The molecule has 2 amide bonds. The predicted molar refractivity (Wildman–Crippen MR) is 79.6 cm³/mol. The molecule has 1 aromatic rings. The molecule has 0 saturated carbocycles. The van der Waals surface area contributed by atoms with Crippen molar-refractivity contribution in [1.82, 2.24) is 10.2 Å². The topological polar surface area (TPSA) is 69.6 Å². The van der Waals surface area contributed by atoms with Crippen LogP contribution < -0.4 is 5.32 Å². The van der Waals surface area contributed by atoms with Crippen molar-refractivity contribution in [3.05, 3.63) is 35.9 Å². The van der Waals surface area contributed by atoms with Crippen LogP contribution in [0.1, 0.15) is 25.3 Å². The fourth-order valence-electron chi connectivity index (χ4n) is 2.42. The van der Waals surface area contributed by atoms with E-state index >= 15 is 0 Å². The normalized spacial score (nSPS) is 18.2. The van der Waals surface area contributed by atoms with E-state index in [-0.39, 0.29) is 24.8 Å². The van der Waals surface area contributed by atoms with Gasteiger partial charge in [0.15, 0.2) is 0 Å². The number of nitrogens with one attached hydrogen (secondary N) is 1. The van der Waals surface area contributed by atoms with Gasteiger partial charge in [-0.1, -0.05) is 30.3 Å². The highest BCUT2D eigenvalue weighted by atomic mass is 16.3. The minimum absolute atomic E-state index is 0.205. The molecular weight excluding hydrogens is 268 g/mol. The molecule has 0 atom stereocenters. The lowest BCUT2D eigenvalue weighted by Gasteiger charge is -2.35. The van der Waals surface area contributed by atoms with Crippen LogP contribution in [0.4, 0.5) is 0 Å². The number of likely N-dealkylation sites (tertiary alicyclic amines) is 1. The first-order valence-electron chi connectivity index (χ1n) is 7.26. The molecule has 21 heavy (non-hydrogen) atoms. The van der Waals surface area contributed by atoms with Gasteiger partial charge in [-0.2, -0.15) is 0 Å². The Morgan fingerprint density at radius 3 is 2.43 bits per heavy atom. The average molecular weight is 290 g/mol. The fraction of sp³-hybridized carbons (Fsp3) is 0.500. The van der Waals surface area contributed by atoms with E-state index in [1.165, 1.54) is 0 Å². The van der Waals surface area contributed by atoms with Gasteiger partial charge in [-0.25, -0.2) is 0 Å². The first-order chi connectivity index (χ1) is 9.94. The first-order valence-corrected chi connectivity index (χ1v) is 7.26. The summed E-state index contributed by atoms with van der Waals surface area (Å²) in [6, 6.07) is 9.33. The zero-order chi connectivity index (χ0) is 15.3. The van der Waals surface area contributed by atoms with Gasteiger partial charge >= 0.3 is 0 Å². The van der Waals surface area contributed by atoms with Crippen molar-refractivity contribution >= 4 is 11.8 Å². The molecule has 1 aromatic carbocycles. The molecule has 5 nitrogen and oxygen atoms in total. The van der Waals surface area contributed by atoms with E-state index in [9.17, 15) is 14.7 Å². The number of amides is 2. The summed E-state index contributed by atoms with van der Waals surface area (Å²) in [7, 11) is 0. The van der Waals surface area contributed by atoms with Crippen molar-refractivity contribution in [2.24, 2.45) is 0 Å². The molecule has 2 N–H and O–H groups in total. The maximum atomic E-state index is 11.8. The summed E-state index contributed by atoms with van der Waals surface area (Å²) >= 11 is 0. The molecule has 1 aliphatic rings. The smallest absolute Gasteiger partial charge is 0.240 e. The van der Waals surface area contributed by atoms with Crippen LogP contribution in [0.2, 0.25) is 0 Å². The number of carbonyl (C=O) groups is 2. The molecule has 1 aliphatic heterocycles. The van der Waals surface area contributed by atoms with E-state index in [2.05, 4.69) is 5.32 Å². The maximum absolute atomic E-state index is 11.8. The number of imide groups is 1. The van der Waals surface area contributed by atoms with E-state index in [1.54, 1.807) is 0 Å². The van der Waals surface area contributed by atoms with Crippen molar-refractivity contribution in [3.8, 4) is 0 Å². The summed E-state index contributed by atoms with van der Waals surface area (Å²) in [4.78, 5) is 25.6. The zero-order valence-corrected chi connectivity index (χ0v) is 12.3. The van der Waals surface area contributed by atoms with Crippen molar-refractivity contribution in [3.63, 3.8) is 0 Å². The van der Waals surface area contributed by atoms with E-state index in [0.717, 1.165) is 5.56 Å². The SMILES string of the molecule is CC1(O)CCN(CC(=O)NC(=O)Cc2ccccc2)CC1. The Morgan fingerprint density at radius 1 is 1.19 bits per heavy atom. The van der Waals surface area contributed by atoms with Gasteiger partial charge in [0, 0.05) is 13.1 Å². The van der Waals surface area contributed by atoms with Gasteiger partial charge in [0.05, 0.1) is 18.6 Å². The van der Waals surface area contributed by atoms with Crippen LogP contribution in [-0.4, -0.2) is 47.1 Å². The quantitative estimate of drug-likeness (QED) is 0.857. The molecule has 2 rings (SSSR count). The van der Waals surface area contributed by atoms with Crippen LogP contribution in [0.15, 0.2) is 30.3 Å². The van der Waals surface area contributed by atoms with Crippen LogP contribution in [0.3, 0.4) is 0 Å². The monoisotopic (exact) mass is 290 g/mol. The second kappa shape index (κ2) is 6.83. The van der Waals surface area contributed by atoms with Crippen LogP contribution in [0, 0.1) is 0 Å². The highest BCUT2D eigenvalue weighted by Crippen LogP contribution is 2.20. The lowest BCUT2D eigenvalue weighted by Crippen LogP contribution is -2.47. The number of rotatable bonds is 4. The molecule has 0 spiro atoms. The van der Waals surface area contributed by atoms with Gasteiger partial charge in [0.1, 0.15) is 0 Å². The minimum Gasteiger partial charge on any atom is -0.390 e. The molecule has 1 fully saturated rings. The van der Waals surface area contributed by atoms with Gasteiger partial charge in [-0.15, -0.1) is 0 Å². The number of nitrogens with zero attached hydrogens (tertiary/aromatic N) is 1. The van der Waals surface area contributed by atoms with Gasteiger partial charge in [-0.3, -0.25) is 19.8 Å². The third-order valence-electron chi connectivity index (χ3n) is 3.79. The number of hydrogen-bond acceptors (Lipinski definition) is 4. The highest BCUT2D eigenvalue weighted by Gasteiger charge is 2.28. The summed E-state index contributed by atoms with van der Waals surface area (Å²) in [5, 5.41) is 12.3. The lowest BCUT2D eigenvalue weighted by atomic mass is 9.94. The standard InChI is InChI=1S/C16H22N2O3/c1-16(21)7-9-18(10-8-16)12-15(20)17-14(19)11-13-5-3-2-4-6-13/h2-6,21H,7-12H2,1H3,(H,17,19,20). The Balaban J connectivity index is 1.73. The minimum atomic E-state index is -0.629. The zero-order valence-electron chi connectivity index (χ0n) is 12.3. The Morgan fingerprint density at radius 2 is 1.81 bits per heavy atom. The van der Waals surface area contributed by atoms with E-state index in [1.807, 2.05) is 42.2 Å². The molecule has 114 valence electrons. The predicted octanol–water partition coefficient (Wildman–Crippen LogP) is 0.719. The second-order valence-electron chi connectivity index (χ2n) is 5.91. The third kappa shape index (κ3) is 5.28. The number of benzene rings is 1. The Labute approximate surface area is 125 Å². The van der Waals surface area contributed by atoms with Gasteiger partial charge in [-0.05, 0) is 25.3 Å². The maximum Gasteiger partial charge on any atom is 0.240 e. The van der Waals surface area contributed by atoms with Crippen molar-refractivity contribution in [1.29, 1.82) is 0 Å². The van der Waals surface area contributed by atoms with E-state index < -0.39 is 5.60 Å². The van der Waals surface area contributed by atoms with E-state index in [0.29, 0.717) is 25.9 Å². The van der Waals surface area contributed by atoms with Crippen LogP contribution in [0.25, 0.3) is 0 Å². The molecule has 0 aliphatic carbocycles. The van der Waals surface area contributed by atoms with Gasteiger partial charge in [0.25, 0.3) is 0 Å². The fourth-order valence-corrected chi connectivity index (χ4v) is 2.42. The van der Waals surface area contributed by atoms with Gasteiger partial charge < -0.3 is 5.11 Å². The van der Waals surface area contributed by atoms with Crippen LogP contribution >= 0.6 is 0 Å². The summed E-state index contributed by atoms with van der Waals surface area (Å²) in [5.41, 5.74) is 0.257. The number of piperidine rings is 1. The lowest BCUT2D eigenvalue weighted by molar-refractivity contribution is -0.131. The van der Waals surface area contributed by atoms with Crippen molar-refractivity contribution in [2.45, 2.75) is 31.8 Å². The Kier molecular flexibility index (Phi) is 5.09. The highest BCUT2D eigenvalue weighted by molar-refractivity contribution is 5.96. The molecular formula is C16H22N2O3. The van der Waals surface area contributed by atoms with E-state index in [4.69, 9.17) is 0 Å². The summed E-state index contributed by atoms with van der Waals surface area (Å²) in [6.07, 6.45) is 1.51. The molecule has 1 saturated heterocycles. The number of aliphatic hydroxyl groups is 1. The molecule has 0 bridgehead atoms. The van der Waals surface area contributed by atoms with Gasteiger partial charge in [0.2, 0.25) is 11.8 Å². The molecule has 0 unspecified atom stereocenters. The molecule has 0 radical (unpaired) electrons. The second-order valence-corrected chi connectivity index (χ2v) is 5.91. The Hall–Kier alpha value is -1.72. The summed E-state index contributed by atoms with van der Waals surface area (Å²) in [5.74, 6) is -0.562. The largest absolute Gasteiger partial charge is 0.390 e. The Bertz CT molecular complexity index is 490. The summed E-state index contributed by atoms with van der Waals surface area (Å²) in [6.45, 7) is 3.37. The number of hydrogen-bond donors (Lipinski definition) is 2. The third-order valence-corrected chi connectivity index (χ3v) is 3.79. The average Bonchev–Trinajstić information content (AvgIpc) is 2.42. The molecule has 5 heteroatoms. The van der Waals surface area contributed by atoms with Crippen molar-refractivity contribution < 1.29 is 14.7 Å². The first kappa shape index (κ1) is 15.7. The van der Waals surface area contributed by atoms with Crippen LogP contribution in [0.5, 0.6) is 0 Å². The summed E-state index contributed by atoms with van der Waals surface area (Å²) < 4.78 is 0. The van der Waals surface area contributed by atoms with Crippen LogP contribution in [-0.2, 0) is 16.0 Å². The molecule has 1 heterocycles. The molecule has 0 aromatic heterocycles. The van der Waals surface area contributed by atoms with Crippen molar-refractivity contribution in [2.75, 3.05) is 19.6 Å².